The van der Waals surface area contributed by atoms with E-state index in [1.54, 1.807) is 19.5 Å². The summed E-state index contributed by atoms with van der Waals surface area (Å²) in [5.74, 6) is 1.60. The average molecular weight is 482 g/mol. The molecule has 1 aliphatic carbocycles. The Morgan fingerprint density at radius 2 is 1.61 bits per heavy atom. The van der Waals surface area contributed by atoms with E-state index in [0.29, 0.717) is 13.1 Å². The molecule has 0 radical (unpaired) electrons. The van der Waals surface area contributed by atoms with Crippen LogP contribution in [0, 0.1) is 0 Å². The maximum Gasteiger partial charge on any atom is 0.255 e. The highest BCUT2D eigenvalue weighted by atomic mass is 16.5. The van der Waals surface area contributed by atoms with E-state index in [9.17, 15) is 4.79 Å². The van der Waals surface area contributed by atoms with Crippen LogP contribution in [0.4, 0.5) is 5.95 Å². The molecule has 0 bridgehead atoms. The lowest BCUT2D eigenvalue weighted by atomic mass is 10.0. The molecule has 3 heterocycles. The molecular formula is C29H31N5O2. The molecule has 7 heteroatoms. The van der Waals surface area contributed by atoms with Crippen molar-refractivity contribution < 1.29 is 4.74 Å². The van der Waals surface area contributed by atoms with Crippen molar-refractivity contribution in [3.63, 3.8) is 0 Å². The Balaban J connectivity index is 1.30. The fourth-order valence-electron chi connectivity index (χ4n) is 5.50. The van der Waals surface area contributed by atoms with Crippen molar-refractivity contribution in [2.24, 2.45) is 0 Å². The van der Waals surface area contributed by atoms with Gasteiger partial charge in [-0.05, 0) is 77.7 Å². The third kappa shape index (κ3) is 4.46. The van der Waals surface area contributed by atoms with E-state index in [1.807, 2.05) is 34.9 Å². The van der Waals surface area contributed by atoms with Gasteiger partial charge in [0.2, 0.25) is 5.95 Å². The predicted molar refractivity (Wildman–Crippen MR) is 142 cm³/mol. The Labute approximate surface area is 211 Å². The van der Waals surface area contributed by atoms with Crippen molar-refractivity contribution in [3.8, 4) is 5.75 Å². The molecule has 0 saturated carbocycles. The van der Waals surface area contributed by atoms with Gasteiger partial charge in [0, 0.05) is 50.7 Å². The van der Waals surface area contributed by atoms with Crippen LogP contribution < -0.4 is 15.2 Å². The molecule has 1 saturated heterocycles. The molecule has 0 atom stereocenters. The van der Waals surface area contributed by atoms with Crippen LogP contribution in [0.15, 0.2) is 65.7 Å². The summed E-state index contributed by atoms with van der Waals surface area (Å²) in [7, 11) is 1.67. The second-order valence-corrected chi connectivity index (χ2v) is 9.75. The lowest BCUT2D eigenvalue weighted by Gasteiger charge is -2.34. The molecule has 0 amide bonds. The number of benzene rings is 2. The van der Waals surface area contributed by atoms with Gasteiger partial charge in [0.1, 0.15) is 5.75 Å². The van der Waals surface area contributed by atoms with E-state index in [-0.39, 0.29) is 5.56 Å². The second-order valence-electron chi connectivity index (χ2n) is 9.75. The molecule has 2 aromatic heterocycles. The summed E-state index contributed by atoms with van der Waals surface area (Å²) in [6.07, 6.45) is 6.98. The van der Waals surface area contributed by atoms with Gasteiger partial charge in [-0.25, -0.2) is 9.97 Å². The van der Waals surface area contributed by atoms with Crippen LogP contribution in [-0.2, 0) is 25.9 Å². The maximum atomic E-state index is 13.9. The molecule has 184 valence electrons. The molecule has 4 aromatic rings. The maximum absolute atomic E-state index is 13.9. The van der Waals surface area contributed by atoms with Gasteiger partial charge in [0.25, 0.3) is 5.56 Å². The number of hydrogen-bond donors (Lipinski definition) is 0. The first-order chi connectivity index (χ1) is 17.7. The van der Waals surface area contributed by atoms with Crippen LogP contribution in [0.5, 0.6) is 5.75 Å². The monoisotopic (exact) mass is 481 g/mol. The van der Waals surface area contributed by atoms with Gasteiger partial charge < -0.3 is 14.2 Å². The van der Waals surface area contributed by atoms with Crippen molar-refractivity contribution in [1.82, 2.24) is 19.4 Å². The Hall–Kier alpha value is -3.71. The third-order valence-electron chi connectivity index (χ3n) is 7.48. The van der Waals surface area contributed by atoms with Crippen LogP contribution in [0.25, 0.3) is 10.9 Å². The SMILES string of the molecule is COc1ccc(Cn2c(=O)c(CN3CCN(c4ncccn4)CC3)cc3cc4c(cc32)CCC4)cc1. The van der Waals surface area contributed by atoms with E-state index in [1.165, 1.54) is 17.5 Å². The molecule has 36 heavy (non-hydrogen) atoms. The first-order valence-electron chi connectivity index (χ1n) is 12.7. The number of hydrogen-bond acceptors (Lipinski definition) is 6. The summed E-state index contributed by atoms with van der Waals surface area (Å²) in [5.41, 5.74) is 5.90. The average Bonchev–Trinajstić information content (AvgIpc) is 3.39. The molecule has 0 N–H and O–H groups in total. The number of anilines is 1. The minimum atomic E-state index is 0.102. The quantitative estimate of drug-likeness (QED) is 0.419. The van der Waals surface area contributed by atoms with Crippen LogP contribution in [0.1, 0.15) is 28.7 Å². The first kappa shape index (κ1) is 22.7. The third-order valence-corrected chi connectivity index (χ3v) is 7.48. The Kier molecular flexibility index (Phi) is 6.15. The minimum Gasteiger partial charge on any atom is -0.497 e. The topological polar surface area (TPSA) is 63.5 Å². The van der Waals surface area contributed by atoms with E-state index in [0.717, 1.165) is 72.7 Å². The normalized spacial score (nSPS) is 15.9. The van der Waals surface area contributed by atoms with Crippen LogP contribution in [-0.4, -0.2) is 52.7 Å². The van der Waals surface area contributed by atoms with Crippen molar-refractivity contribution in [3.05, 3.63) is 93.5 Å². The molecule has 1 aliphatic heterocycles. The molecule has 7 nitrogen and oxygen atoms in total. The van der Waals surface area contributed by atoms with Gasteiger partial charge in [-0.1, -0.05) is 12.1 Å². The van der Waals surface area contributed by atoms with Gasteiger partial charge in [0.15, 0.2) is 0 Å². The number of aryl methyl sites for hydroxylation is 2. The standard InChI is InChI=1S/C29H31N5O2/c1-36-26-8-6-21(7-9-26)19-34-27-18-23-5-2-4-22(23)16-24(27)17-25(28(34)35)20-32-12-14-33(15-13-32)29-30-10-3-11-31-29/h3,6-11,16-18H,2,4-5,12-15,19-20H2,1H3. The number of methoxy groups -OCH3 is 1. The largest absolute Gasteiger partial charge is 0.497 e. The number of piperazine rings is 1. The summed E-state index contributed by atoms with van der Waals surface area (Å²) >= 11 is 0. The number of fused-ring (bicyclic) bond motifs is 2. The van der Waals surface area contributed by atoms with Gasteiger partial charge in [-0.3, -0.25) is 9.69 Å². The van der Waals surface area contributed by atoms with Gasteiger partial charge >= 0.3 is 0 Å². The smallest absolute Gasteiger partial charge is 0.255 e. The zero-order valence-corrected chi connectivity index (χ0v) is 20.7. The number of rotatable bonds is 6. The van der Waals surface area contributed by atoms with Gasteiger partial charge in [-0.2, -0.15) is 0 Å². The summed E-state index contributed by atoms with van der Waals surface area (Å²) < 4.78 is 7.29. The molecule has 6 rings (SSSR count). The molecule has 0 unspecified atom stereocenters. The Morgan fingerprint density at radius 1 is 0.889 bits per heavy atom. The fourth-order valence-corrected chi connectivity index (χ4v) is 5.50. The zero-order valence-electron chi connectivity index (χ0n) is 20.7. The first-order valence-corrected chi connectivity index (χ1v) is 12.7. The molecular weight excluding hydrogens is 450 g/mol. The van der Waals surface area contributed by atoms with Crippen LogP contribution in [0.3, 0.4) is 0 Å². The minimum absolute atomic E-state index is 0.102. The van der Waals surface area contributed by atoms with Crippen LogP contribution >= 0.6 is 0 Å². The Bertz CT molecular complexity index is 1420. The number of nitrogens with zero attached hydrogens (tertiary/aromatic N) is 5. The highest BCUT2D eigenvalue weighted by Crippen LogP contribution is 2.28. The molecule has 2 aliphatic rings. The van der Waals surface area contributed by atoms with E-state index < -0.39 is 0 Å². The predicted octanol–water partition coefficient (Wildman–Crippen LogP) is 3.66. The number of pyridine rings is 1. The Morgan fingerprint density at radius 3 is 2.33 bits per heavy atom. The van der Waals surface area contributed by atoms with E-state index in [2.05, 4.69) is 38.0 Å². The molecule has 1 fully saturated rings. The highest BCUT2D eigenvalue weighted by molar-refractivity contribution is 5.82. The lowest BCUT2D eigenvalue weighted by molar-refractivity contribution is 0.247. The number of ether oxygens (including phenoxy) is 1. The van der Waals surface area contributed by atoms with Crippen molar-refractivity contribution >= 4 is 16.9 Å². The van der Waals surface area contributed by atoms with Crippen LogP contribution in [0.2, 0.25) is 0 Å². The van der Waals surface area contributed by atoms with E-state index >= 15 is 0 Å². The summed E-state index contributed by atoms with van der Waals surface area (Å²) in [5, 5.41) is 1.16. The number of aromatic nitrogens is 3. The van der Waals surface area contributed by atoms with Gasteiger partial charge in [0.05, 0.1) is 19.2 Å². The fraction of sp³-hybridized carbons (Fsp3) is 0.345. The van der Waals surface area contributed by atoms with Crippen molar-refractivity contribution in [2.45, 2.75) is 32.4 Å². The zero-order chi connectivity index (χ0) is 24.5. The second kappa shape index (κ2) is 9.74. The summed E-state index contributed by atoms with van der Waals surface area (Å²) in [6, 6.07) is 16.5. The highest BCUT2D eigenvalue weighted by Gasteiger charge is 2.21. The van der Waals surface area contributed by atoms with E-state index in [4.69, 9.17) is 4.74 Å². The molecule has 0 spiro atoms. The summed E-state index contributed by atoms with van der Waals surface area (Å²) in [4.78, 5) is 27.2. The van der Waals surface area contributed by atoms with Gasteiger partial charge in [-0.15, -0.1) is 0 Å². The molecule has 2 aromatic carbocycles. The van der Waals surface area contributed by atoms with Crippen molar-refractivity contribution in [1.29, 1.82) is 0 Å². The van der Waals surface area contributed by atoms with Crippen molar-refractivity contribution in [2.75, 3.05) is 38.2 Å². The lowest BCUT2D eigenvalue weighted by Crippen LogP contribution is -2.47. The summed E-state index contributed by atoms with van der Waals surface area (Å²) in [6.45, 7) is 4.65.